The van der Waals surface area contributed by atoms with Crippen molar-refractivity contribution in [2.24, 2.45) is 16.3 Å². The molecule has 3 rings (SSSR count). The van der Waals surface area contributed by atoms with Gasteiger partial charge in [0.1, 0.15) is 0 Å². The van der Waals surface area contributed by atoms with Gasteiger partial charge in [-0.2, -0.15) is 0 Å². The van der Waals surface area contributed by atoms with Crippen molar-refractivity contribution >= 4 is 11.9 Å². The molecule has 1 atom stereocenters. The lowest BCUT2D eigenvalue weighted by Gasteiger charge is -2.40. The molecule has 2 N–H and O–H groups in total. The van der Waals surface area contributed by atoms with Crippen LogP contribution < -0.4 is 10.6 Å². The molecule has 0 saturated carbocycles. The number of hydrogen-bond acceptors (Lipinski definition) is 3. The van der Waals surface area contributed by atoms with Crippen LogP contribution in [0.4, 0.5) is 0 Å². The van der Waals surface area contributed by atoms with Gasteiger partial charge in [-0.1, -0.05) is 0 Å². The Labute approximate surface area is 139 Å². The summed E-state index contributed by atoms with van der Waals surface area (Å²) in [6.45, 7) is 5.58. The highest BCUT2D eigenvalue weighted by Crippen LogP contribution is 2.35. The Balaban J connectivity index is 1.48. The number of amides is 1. The van der Waals surface area contributed by atoms with Gasteiger partial charge in [0.25, 0.3) is 0 Å². The monoisotopic (exact) mass is 322 g/mol. The highest BCUT2D eigenvalue weighted by Gasteiger charge is 2.42. The van der Waals surface area contributed by atoms with Gasteiger partial charge in [-0.15, -0.1) is 0 Å². The third-order valence-corrected chi connectivity index (χ3v) is 5.55. The first-order valence-electron chi connectivity index (χ1n) is 9.01. The highest BCUT2D eigenvalue weighted by atomic mass is 16.5. The molecule has 130 valence electrons. The minimum Gasteiger partial charge on any atom is -0.381 e. The fraction of sp³-hybridized carbons (Fsp3) is 0.882. The van der Waals surface area contributed by atoms with Crippen LogP contribution in [-0.2, 0) is 9.53 Å². The summed E-state index contributed by atoms with van der Waals surface area (Å²) in [5.74, 6) is 1.98. The Hall–Kier alpha value is -1.30. The quantitative estimate of drug-likeness (QED) is 0.600. The van der Waals surface area contributed by atoms with Crippen molar-refractivity contribution in [2.75, 3.05) is 46.4 Å². The number of hydrogen-bond donors (Lipinski definition) is 2. The molecule has 3 aliphatic rings. The lowest BCUT2D eigenvalue weighted by Crippen LogP contribution is -2.51. The predicted molar refractivity (Wildman–Crippen MR) is 90.4 cm³/mol. The molecule has 6 heteroatoms. The van der Waals surface area contributed by atoms with Gasteiger partial charge in [0.2, 0.25) is 5.91 Å². The average Bonchev–Trinajstić information content (AvgIpc) is 2.92. The molecule has 3 saturated heterocycles. The second kappa shape index (κ2) is 7.51. The van der Waals surface area contributed by atoms with Crippen LogP contribution >= 0.6 is 0 Å². The largest absolute Gasteiger partial charge is 0.381 e. The predicted octanol–water partition coefficient (Wildman–Crippen LogP) is 0.981. The smallest absolute Gasteiger partial charge is 0.220 e. The van der Waals surface area contributed by atoms with Crippen molar-refractivity contribution in [3.8, 4) is 0 Å². The maximum Gasteiger partial charge on any atom is 0.220 e. The van der Waals surface area contributed by atoms with E-state index in [4.69, 9.17) is 4.74 Å². The first-order chi connectivity index (χ1) is 11.2. The summed E-state index contributed by atoms with van der Waals surface area (Å²) in [7, 11) is 1.86. The van der Waals surface area contributed by atoms with Gasteiger partial charge < -0.3 is 20.3 Å². The van der Waals surface area contributed by atoms with Gasteiger partial charge in [-0.3, -0.25) is 9.79 Å². The number of likely N-dealkylation sites (tertiary alicyclic amines) is 1. The Bertz CT molecular complexity index is 448. The maximum atomic E-state index is 11.6. The molecule has 0 aliphatic carbocycles. The van der Waals surface area contributed by atoms with E-state index < -0.39 is 0 Å². The average molecular weight is 322 g/mol. The fourth-order valence-electron chi connectivity index (χ4n) is 4.18. The number of rotatable bonds is 3. The first kappa shape index (κ1) is 16.6. The lowest BCUT2D eigenvalue weighted by molar-refractivity contribution is -0.119. The van der Waals surface area contributed by atoms with E-state index in [-0.39, 0.29) is 11.3 Å². The number of guanidine groups is 1. The Morgan fingerprint density at radius 1 is 1.48 bits per heavy atom. The maximum absolute atomic E-state index is 11.6. The number of piperidine rings is 1. The van der Waals surface area contributed by atoms with Gasteiger partial charge in [0, 0.05) is 58.3 Å². The molecule has 6 nitrogen and oxygen atoms in total. The van der Waals surface area contributed by atoms with E-state index in [1.165, 1.54) is 19.3 Å². The van der Waals surface area contributed by atoms with Gasteiger partial charge in [0.15, 0.2) is 5.96 Å². The van der Waals surface area contributed by atoms with E-state index in [0.29, 0.717) is 6.42 Å². The summed E-state index contributed by atoms with van der Waals surface area (Å²) >= 11 is 0. The van der Waals surface area contributed by atoms with Crippen molar-refractivity contribution in [1.82, 2.24) is 15.5 Å². The summed E-state index contributed by atoms with van der Waals surface area (Å²) in [6.07, 6.45) is 6.49. The van der Waals surface area contributed by atoms with Crippen LogP contribution in [-0.4, -0.2) is 63.2 Å². The van der Waals surface area contributed by atoms with E-state index in [9.17, 15) is 4.79 Å². The van der Waals surface area contributed by atoms with E-state index in [1.54, 1.807) is 0 Å². The lowest BCUT2D eigenvalue weighted by atomic mass is 9.79. The Morgan fingerprint density at radius 2 is 2.30 bits per heavy atom. The molecule has 0 aromatic rings. The third kappa shape index (κ3) is 4.16. The highest BCUT2D eigenvalue weighted by molar-refractivity contribution is 5.81. The summed E-state index contributed by atoms with van der Waals surface area (Å²) < 4.78 is 5.42. The molecule has 1 unspecified atom stereocenters. The van der Waals surface area contributed by atoms with Crippen LogP contribution in [0.5, 0.6) is 0 Å². The minimum atomic E-state index is 0.119. The molecular weight excluding hydrogens is 292 g/mol. The molecule has 3 fully saturated rings. The molecule has 0 bridgehead atoms. The van der Waals surface area contributed by atoms with Crippen molar-refractivity contribution < 1.29 is 9.53 Å². The van der Waals surface area contributed by atoms with Crippen LogP contribution in [0, 0.1) is 11.3 Å². The summed E-state index contributed by atoms with van der Waals surface area (Å²) in [5.41, 5.74) is 0.119. The SMILES string of the molecule is CN=C(NCCC1CCOCC1)N1CCCC2(CNC(=O)C2)C1. The minimum absolute atomic E-state index is 0.119. The van der Waals surface area contributed by atoms with E-state index in [0.717, 1.165) is 64.1 Å². The number of aliphatic imine (C=N–C) groups is 1. The normalized spacial score (nSPS) is 29.9. The van der Waals surface area contributed by atoms with E-state index >= 15 is 0 Å². The van der Waals surface area contributed by atoms with E-state index in [1.807, 2.05) is 7.05 Å². The standard InChI is InChI=1S/C17H30N4O2/c1-18-16(19-7-3-14-4-9-23-10-5-14)21-8-2-6-17(13-21)11-15(22)20-12-17/h14H,2-13H2,1H3,(H,18,19)(H,20,22). The number of nitrogens with one attached hydrogen (secondary N) is 2. The fourth-order valence-corrected chi connectivity index (χ4v) is 4.18. The molecule has 1 amide bonds. The molecule has 3 aliphatic heterocycles. The van der Waals surface area contributed by atoms with Crippen LogP contribution in [0.3, 0.4) is 0 Å². The zero-order chi connectivity index (χ0) is 16.1. The second-order valence-electron chi connectivity index (χ2n) is 7.30. The zero-order valence-electron chi connectivity index (χ0n) is 14.3. The molecule has 0 aromatic carbocycles. The number of carbonyl (C=O) groups is 1. The summed E-state index contributed by atoms with van der Waals surface area (Å²) in [6, 6.07) is 0. The molecule has 0 aromatic heterocycles. The van der Waals surface area contributed by atoms with Crippen LogP contribution in [0.2, 0.25) is 0 Å². The van der Waals surface area contributed by atoms with Gasteiger partial charge in [-0.05, 0) is 38.0 Å². The molecule has 23 heavy (non-hydrogen) atoms. The van der Waals surface area contributed by atoms with Gasteiger partial charge in [-0.25, -0.2) is 0 Å². The van der Waals surface area contributed by atoms with Crippen molar-refractivity contribution in [3.63, 3.8) is 0 Å². The van der Waals surface area contributed by atoms with Crippen molar-refractivity contribution in [3.05, 3.63) is 0 Å². The summed E-state index contributed by atoms with van der Waals surface area (Å²) in [4.78, 5) is 18.4. The second-order valence-corrected chi connectivity index (χ2v) is 7.30. The molecular formula is C17H30N4O2. The third-order valence-electron chi connectivity index (χ3n) is 5.55. The molecule has 1 spiro atoms. The van der Waals surface area contributed by atoms with Gasteiger partial charge in [0.05, 0.1) is 0 Å². The summed E-state index contributed by atoms with van der Waals surface area (Å²) in [5, 5.41) is 6.54. The zero-order valence-corrected chi connectivity index (χ0v) is 14.3. The number of carbonyl (C=O) groups excluding carboxylic acids is 1. The van der Waals surface area contributed by atoms with Crippen molar-refractivity contribution in [2.45, 2.75) is 38.5 Å². The first-order valence-corrected chi connectivity index (χ1v) is 9.01. The van der Waals surface area contributed by atoms with Crippen molar-refractivity contribution in [1.29, 1.82) is 0 Å². The Morgan fingerprint density at radius 3 is 3.00 bits per heavy atom. The molecule has 3 heterocycles. The van der Waals surface area contributed by atoms with Gasteiger partial charge >= 0.3 is 0 Å². The number of nitrogens with zero attached hydrogens (tertiary/aromatic N) is 2. The topological polar surface area (TPSA) is 66.0 Å². The van der Waals surface area contributed by atoms with E-state index in [2.05, 4.69) is 20.5 Å². The Kier molecular flexibility index (Phi) is 5.41. The number of ether oxygens (including phenoxy) is 1. The van der Waals surface area contributed by atoms with Crippen LogP contribution in [0.1, 0.15) is 38.5 Å². The van der Waals surface area contributed by atoms with Crippen LogP contribution in [0.25, 0.3) is 0 Å². The van der Waals surface area contributed by atoms with Crippen LogP contribution in [0.15, 0.2) is 4.99 Å². The molecule has 0 radical (unpaired) electrons.